The number of carbonyl (C=O) groups is 1. The molecule has 0 saturated carbocycles. The molecule has 1 aromatic rings. The third-order valence-electron chi connectivity index (χ3n) is 3.64. The minimum absolute atomic E-state index is 0.0489. The van der Waals surface area contributed by atoms with Crippen LogP contribution in [0.3, 0.4) is 0 Å². The van der Waals surface area contributed by atoms with Gasteiger partial charge in [-0.2, -0.15) is 0 Å². The zero-order valence-corrected chi connectivity index (χ0v) is 12.1. The molecule has 0 unspecified atom stereocenters. The second-order valence-electron chi connectivity index (χ2n) is 5.52. The van der Waals surface area contributed by atoms with Crippen molar-refractivity contribution in [3.05, 3.63) is 22.4 Å². The Labute approximate surface area is 113 Å². The van der Waals surface area contributed by atoms with Crippen LogP contribution in [-0.4, -0.2) is 36.0 Å². The highest BCUT2D eigenvalue weighted by Gasteiger charge is 2.28. The molecule has 0 spiro atoms. The van der Waals surface area contributed by atoms with Crippen molar-refractivity contribution >= 4 is 17.2 Å². The highest BCUT2D eigenvalue weighted by atomic mass is 32.1. The maximum Gasteiger partial charge on any atom is 0.261 e. The molecule has 1 saturated heterocycles. The Kier molecular flexibility index (Phi) is 4.40. The molecule has 1 aliphatic heterocycles. The van der Waals surface area contributed by atoms with E-state index in [1.54, 1.807) is 0 Å². The highest BCUT2D eigenvalue weighted by molar-refractivity contribution is 7.12. The number of nitrogens with zero attached hydrogens (tertiary/aromatic N) is 1. The first kappa shape index (κ1) is 13.6. The van der Waals surface area contributed by atoms with Crippen molar-refractivity contribution in [1.82, 2.24) is 10.2 Å². The van der Waals surface area contributed by atoms with Crippen LogP contribution in [0.4, 0.5) is 0 Å². The molecule has 3 nitrogen and oxygen atoms in total. The van der Waals surface area contributed by atoms with Gasteiger partial charge in [0.2, 0.25) is 0 Å². The predicted octanol–water partition coefficient (Wildman–Crippen LogP) is 2.74. The molecule has 0 atom stereocenters. The zero-order chi connectivity index (χ0) is 13.0. The van der Waals surface area contributed by atoms with Gasteiger partial charge in [0, 0.05) is 12.1 Å². The van der Waals surface area contributed by atoms with E-state index in [0.29, 0.717) is 6.54 Å². The monoisotopic (exact) mass is 266 g/mol. The van der Waals surface area contributed by atoms with Gasteiger partial charge in [-0.25, -0.2) is 0 Å². The molecule has 1 fully saturated rings. The Balaban J connectivity index is 1.86. The summed E-state index contributed by atoms with van der Waals surface area (Å²) in [5.41, 5.74) is 0.0489. The molecular formula is C14H22N2OS. The standard InChI is InChI=1S/C14H22N2OS/c1-14(2,16-8-4-3-5-9-16)11-15-13(17)12-7-6-10-18-12/h6-7,10H,3-5,8-9,11H2,1-2H3,(H,15,17). The van der Waals surface area contributed by atoms with Crippen LogP contribution < -0.4 is 5.32 Å². The molecule has 1 aromatic heterocycles. The molecular weight excluding hydrogens is 244 g/mol. The van der Waals surface area contributed by atoms with E-state index in [-0.39, 0.29) is 11.4 Å². The first-order valence-electron chi connectivity index (χ1n) is 6.66. The minimum Gasteiger partial charge on any atom is -0.350 e. The summed E-state index contributed by atoms with van der Waals surface area (Å²) in [4.78, 5) is 15.2. The quantitative estimate of drug-likeness (QED) is 0.909. The number of amides is 1. The summed E-state index contributed by atoms with van der Waals surface area (Å²) >= 11 is 1.49. The summed E-state index contributed by atoms with van der Waals surface area (Å²) < 4.78 is 0. The number of carbonyl (C=O) groups excluding carboxylic acids is 1. The van der Waals surface area contributed by atoms with E-state index >= 15 is 0 Å². The number of likely N-dealkylation sites (tertiary alicyclic amines) is 1. The van der Waals surface area contributed by atoms with Gasteiger partial charge in [0.1, 0.15) is 0 Å². The second kappa shape index (κ2) is 5.85. The molecule has 0 radical (unpaired) electrons. The smallest absolute Gasteiger partial charge is 0.261 e. The van der Waals surface area contributed by atoms with Gasteiger partial charge in [0.25, 0.3) is 5.91 Å². The van der Waals surface area contributed by atoms with Gasteiger partial charge >= 0.3 is 0 Å². The normalized spacial score (nSPS) is 17.7. The topological polar surface area (TPSA) is 32.3 Å². The molecule has 2 rings (SSSR count). The third kappa shape index (κ3) is 3.33. The van der Waals surface area contributed by atoms with Crippen LogP contribution in [0.15, 0.2) is 17.5 Å². The van der Waals surface area contributed by atoms with Gasteiger partial charge in [-0.05, 0) is 51.2 Å². The van der Waals surface area contributed by atoms with Crippen molar-refractivity contribution in [2.75, 3.05) is 19.6 Å². The summed E-state index contributed by atoms with van der Waals surface area (Å²) in [6.07, 6.45) is 3.90. The van der Waals surface area contributed by atoms with E-state index in [9.17, 15) is 4.79 Å². The number of hydrogen-bond donors (Lipinski definition) is 1. The van der Waals surface area contributed by atoms with Crippen LogP contribution in [0.2, 0.25) is 0 Å². The van der Waals surface area contributed by atoms with Crippen molar-refractivity contribution < 1.29 is 4.79 Å². The summed E-state index contributed by atoms with van der Waals surface area (Å²) in [5, 5.41) is 4.99. The van der Waals surface area contributed by atoms with Crippen LogP contribution in [-0.2, 0) is 0 Å². The first-order chi connectivity index (χ1) is 8.59. The maximum absolute atomic E-state index is 11.9. The highest BCUT2D eigenvalue weighted by Crippen LogP contribution is 2.20. The maximum atomic E-state index is 11.9. The average Bonchev–Trinajstić information content (AvgIpc) is 2.91. The molecule has 0 aromatic carbocycles. The van der Waals surface area contributed by atoms with Crippen molar-refractivity contribution in [2.24, 2.45) is 0 Å². The summed E-state index contributed by atoms with van der Waals surface area (Å²) in [7, 11) is 0. The summed E-state index contributed by atoms with van der Waals surface area (Å²) in [5.74, 6) is 0.0510. The number of nitrogens with one attached hydrogen (secondary N) is 1. The van der Waals surface area contributed by atoms with Crippen LogP contribution in [0.25, 0.3) is 0 Å². The first-order valence-corrected chi connectivity index (χ1v) is 7.54. The molecule has 2 heterocycles. The largest absolute Gasteiger partial charge is 0.350 e. The van der Waals surface area contributed by atoms with Crippen LogP contribution in [0.5, 0.6) is 0 Å². The van der Waals surface area contributed by atoms with E-state index in [0.717, 1.165) is 18.0 Å². The zero-order valence-electron chi connectivity index (χ0n) is 11.2. The Morgan fingerprint density at radius 1 is 1.39 bits per heavy atom. The number of thiophene rings is 1. The lowest BCUT2D eigenvalue weighted by molar-refractivity contribution is 0.0800. The lowest BCUT2D eigenvalue weighted by Gasteiger charge is -2.41. The van der Waals surface area contributed by atoms with Gasteiger partial charge in [-0.15, -0.1) is 11.3 Å². The molecule has 0 aliphatic carbocycles. The predicted molar refractivity (Wildman–Crippen MR) is 76.2 cm³/mol. The number of piperidine rings is 1. The second-order valence-corrected chi connectivity index (χ2v) is 6.47. The van der Waals surface area contributed by atoms with Crippen molar-refractivity contribution in [1.29, 1.82) is 0 Å². The van der Waals surface area contributed by atoms with Gasteiger partial charge in [-0.1, -0.05) is 12.5 Å². The SMILES string of the molecule is CC(C)(CNC(=O)c1cccs1)N1CCCCC1. The number of rotatable bonds is 4. The van der Waals surface area contributed by atoms with E-state index < -0.39 is 0 Å². The van der Waals surface area contributed by atoms with E-state index in [1.165, 1.54) is 30.6 Å². The average molecular weight is 266 g/mol. The summed E-state index contributed by atoms with van der Waals surface area (Å²) in [6.45, 7) is 7.45. The fourth-order valence-electron chi connectivity index (χ4n) is 2.40. The lowest BCUT2D eigenvalue weighted by atomic mass is 9.98. The van der Waals surface area contributed by atoms with Crippen LogP contribution in [0.1, 0.15) is 42.8 Å². The molecule has 100 valence electrons. The van der Waals surface area contributed by atoms with Gasteiger partial charge < -0.3 is 5.32 Å². The Hall–Kier alpha value is -0.870. The van der Waals surface area contributed by atoms with E-state index in [4.69, 9.17) is 0 Å². The molecule has 1 aliphatic rings. The van der Waals surface area contributed by atoms with E-state index in [2.05, 4.69) is 24.1 Å². The molecule has 4 heteroatoms. The molecule has 1 N–H and O–H groups in total. The molecule has 1 amide bonds. The van der Waals surface area contributed by atoms with Crippen LogP contribution in [0, 0.1) is 0 Å². The lowest BCUT2D eigenvalue weighted by Crippen LogP contribution is -2.53. The third-order valence-corrected chi connectivity index (χ3v) is 4.51. The fourth-order valence-corrected chi connectivity index (χ4v) is 3.04. The van der Waals surface area contributed by atoms with Crippen molar-refractivity contribution in [3.63, 3.8) is 0 Å². The van der Waals surface area contributed by atoms with E-state index in [1.807, 2.05) is 17.5 Å². The summed E-state index contributed by atoms with van der Waals surface area (Å²) in [6, 6.07) is 3.78. The van der Waals surface area contributed by atoms with Crippen molar-refractivity contribution in [2.45, 2.75) is 38.6 Å². The minimum atomic E-state index is 0.0489. The van der Waals surface area contributed by atoms with Gasteiger partial charge in [-0.3, -0.25) is 9.69 Å². The Bertz CT molecular complexity index is 381. The fraction of sp³-hybridized carbons (Fsp3) is 0.643. The van der Waals surface area contributed by atoms with Crippen LogP contribution >= 0.6 is 11.3 Å². The van der Waals surface area contributed by atoms with Crippen molar-refractivity contribution in [3.8, 4) is 0 Å². The Morgan fingerprint density at radius 2 is 2.11 bits per heavy atom. The van der Waals surface area contributed by atoms with Gasteiger partial charge in [0.15, 0.2) is 0 Å². The molecule has 0 bridgehead atoms. The Morgan fingerprint density at radius 3 is 2.72 bits per heavy atom. The molecule has 18 heavy (non-hydrogen) atoms. The van der Waals surface area contributed by atoms with Gasteiger partial charge in [0.05, 0.1) is 4.88 Å². The number of hydrogen-bond acceptors (Lipinski definition) is 3.